The third kappa shape index (κ3) is 3.48. The highest BCUT2D eigenvalue weighted by Gasteiger charge is 2.15. The average Bonchev–Trinajstić information content (AvgIpc) is 3.13. The molecule has 0 aliphatic heterocycles. The van der Waals surface area contributed by atoms with Gasteiger partial charge in [-0.3, -0.25) is 4.79 Å². The van der Waals surface area contributed by atoms with Crippen molar-refractivity contribution in [3.63, 3.8) is 0 Å². The number of aromatic amines is 1. The zero-order valence-corrected chi connectivity index (χ0v) is 17.3. The SMILES string of the molecule is Cc1[nH]c2ccccc2c1/C=N/NC(=O)c1cc(-c2ccccc2O)nc2ccccc12. The molecule has 0 fully saturated rings. The zero-order chi connectivity index (χ0) is 22.1. The fraction of sp³-hybridized carbons (Fsp3) is 0.0385. The van der Waals surface area contributed by atoms with Crippen LogP contribution < -0.4 is 5.43 Å². The highest BCUT2D eigenvalue weighted by molar-refractivity contribution is 6.08. The normalized spacial score (nSPS) is 11.4. The number of nitrogens with zero attached hydrogens (tertiary/aromatic N) is 2. The summed E-state index contributed by atoms with van der Waals surface area (Å²) in [5.41, 5.74) is 7.73. The van der Waals surface area contributed by atoms with Crippen molar-refractivity contribution < 1.29 is 9.90 Å². The summed E-state index contributed by atoms with van der Waals surface area (Å²) >= 11 is 0. The number of carbonyl (C=O) groups is 1. The van der Waals surface area contributed by atoms with Crippen molar-refractivity contribution >= 4 is 33.9 Å². The molecule has 0 spiro atoms. The quantitative estimate of drug-likeness (QED) is 0.277. The summed E-state index contributed by atoms with van der Waals surface area (Å²) in [6.45, 7) is 1.97. The predicted octanol–water partition coefficient (Wildman–Crippen LogP) is 5.16. The summed E-state index contributed by atoms with van der Waals surface area (Å²) in [5.74, 6) is -0.247. The van der Waals surface area contributed by atoms with Crippen molar-refractivity contribution in [1.82, 2.24) is 15.4 Å². The Bertz CT molecular complexity index is 1500. The van der Waals surface area contributed by atoms with E-state index in [2.05, 4.69) is 20.5 Å². The first kappa shape index (κ1) is 19.5. The van der Waals surface area contributed by atoms with E-state index in [9.17, 15) is 9.90 Å². The molecular weight excluding hydrogens is 400 g/mol. The standard InChI is InChI=1S/C26H20N4O2/c1-16-21(18-9-3-5-11-22(18)28-16)15-27-30-26(32)20-14-24(19-10-4-7-13-25(19)31)29-23-12-6-2-8-17(20)23/h2-15,28,31H,1H3,(H,30,32)/b27-15+. The van der Waals surface area contributed by atoms with E-state index in [-0.39, 0.29) is 11.7 Å². The van der Waals surface area contributed by atoms with Crippen molar-refractivity contribution in [2.75, 3.05) is 0 Å². The molecule has 2 heterocycles. The van der Waals surface area contributed by atoms with Crippen LogP contribution >= 0.6 is 0 Å². The molecule has 1 amide bonds. The number of pyridine rings is 1. The van der Waals surface area contributed by atoms with Crippen LogP contribution in [-0.2, 0) is 0 Å². The average molecular weight is 420 g/mol. The smallest absolute Gasteiger partial charge is 0.272 e. The van der Waals surface area contributed by atoms with Crippen LogP contribution in [0, 0.1) is 6.92 Å². The number of phenols is 1. The number of rotatable bonds is 4. The molecule has 0 saturated heterocycles. The Morgan fingerprint density at radius 2 is 1.72 bits per heavy atom. The summed E-state index contributed by atoms with van der Waals surface area (Å²) < 4.78 is 0. The molecule has 6 nitrogen and oxygen atoms in total. The minimum Gasteiger partial charge on any atom is -0.507 e. The molecule has 3 aromatic carbocycles. The van der Waals surface area contributed by atoms with Gasteiger partial charge in [-0.1, -0.05) is 48.5 Å². The van der Waals surface area contributed by atoms with Crippen LogP contribution in [-0.4, -0.2) is 27.2 Å². The number of aromatic nitrogens is 2. The van der Waals surface area contributed by atoms with Gasteiger partial charge in [0.2, 0.25) is 0 Å². The van der Waals surface area contributed by atoms with Crippen LogP contribution in [0.3, 0.4) is 0 Å². The van der Waals surface area contributed by atoms with Crippen molar-refractivity contribution in [2.45, 2.75) is 6.92 Å². The Hall–Kier alpha value is -4.45. The molecule has 156 valence electrons. The van der Waals surface area contributed by atoms with Gasteiger partial charge in [-0.15, -0.1) is 0 Å². The van der Waals surface area contributed by atoms with E-state index in [1.807, 2.05) is 61.5 Å². The second-order valence-electron chi connectivity index (χ2n) is 7.50. The maximum Gasteiger partial charge on any atom is 0.272 e. The lowest BCUT2D eigenvalue weighted by Crippen LogP contribution is -2.18. The summed E-state index contributed by atoms with van der Waals surface area (Å²) in [7, 11) is 0. The van der Waals surface area contributed by atoms with Gasteiger partial charge in [0.15, 0.2) is 0 Å². The van der Waals surface area contributed by atoms with Gasteiger partial charge in [-0.25, -0.2) is 10.4 Å². The molecule has 0 aliphatic rings. The van der Waals surface area contributed by atoms with Crippen LogP contribution in [0.1, 0.15) is 21.6 Å². The monoisotopic (exact) mass is 420 g/mol. The topological polar surface area (TPSA) is 90.4 Å². The number of fused-ring (bicyclic) bond motifs is 2. The third-order valence-electron chi connectivity index (χ3n) is 5.44. The van der Waals surface area contributed by atoms with Crippen LogP contribution in [0.2, 0.25) is 0 Å². The molecule has 5 aromatic rings. The van der Waals surface area contributed by atoms with Crippen LogP contribution in [0.4, 0.5) is 0 Å². The minimum absolute atomic E-state index is 0.106. The molecule has 5 rings (SSSR count). The van der Waals surface area contributed by atoms with Gasteiger partial charge >= 0.3 is 0 Å². The second-order valence-corrected chi connectivity index (χ2v) is 7.50. The van der Waals surface area contributed by atoms with Gasteiger partial charge in [0.05, 0.1) is 23.0 Å². The molecule has 0 atom stereocenters. The molecule has 0 bridgehead atoms. The summed E-state index contributed by atoms with van der Waals surface area (Å²) in [5, 5.41) is 16.2. The number of phenolic OH excluding ortho intramolecular Hbond substituents is 1. The van der Waals surface area contributed by atoms with Crippen molar-refractivity contribution in [3.05, 3.63) is 95.7 Å². The number of nitrogens with one attached hydrogen (secondary N) is 2. The van der Waals surface area contributed by atoms with E-state index in [0.717, 1.165) is 22.2 Å². The number of H-pyrrole nitrogens is 1. The number of hydrogen-bond donors (Lipinski definition) is 3. The van der Waals surface area contributed by atoms with E-state index in [1.165, 1.54) is 0 Å². The lowest BCUT2D eigenvalue weighted by molar-refractivity contribution is 0.0956. The second kappa shape index (κ2) is 8.00. The highest BCUT2D eigenvalue weighted by Crippen LogP contribution is 2.30. The van der Waals surface area contributed by atoms with Gasteiger partial charge in [0.1, 0.15) is 5.75 Å². The molecule has 0 radical (unpaired) electrons. The van der Waals surface area contributed by atoms with E-state index in [4.69, 9.17) is 0 Å². The Kier molecular flexibility index (Phi) is 4.88. The summed E-state index contributed by atoms with van der Waals surface area (Å²) in [4.78, 5) is 21.0. The van der Waals surface area contributed by atoms with Crippen LogP contribution in [0.15, 0.2) is 84.0 Å². The zero-order valence-electron chi connectivity index (χ0n) is 17.3. The molecule has 0 unspecified atom stereocenters. The number of aryl methyl sites for hydroxylation is 1. The van der Waals surface area contributed by atoms with E-state index in [1.54, 1.807) is 30.5 Å². The maximum absolute atomic E-state index is 13.1. The summed E-state index contributed by atoms with van der Waals surface area (Å²) in [6.07, 6.45) is 1.65. The number of benzene rings is 3. The maximum atomic E-state index is 13.1. The number of para-hydroxylation sites is 3. The fourth-order valence-corrected chi connectivity index (χ4v) is 3.87. The molecule has 2 aromatic heterocycles. The third-order valence-corrected chi connectivity index (χ3v) is 5.44. The molecule has 6 heteroatoms. The van der Waals surface area contributed by atoms with E-state index in [0.29, 0.717) is 27.7 Å². The van der Waals surface area contributed by atoms with Crippen molar-refractivity contribution in [3.8, 4) is 17.0 Å². The summed E-state index contributed by atoms with van der Waals surface area (Å²) in [6, 6.07) is 24.0. The van der Waals surface area contributed by atoms with Gasteiger partial charge in [0.25, 0.3) is 5.91 Å². The Morgan fingerprint density at radius 3 is 2.56 bits per heavy atom. The number of aromatic hydroxyl groups is 1. The highest BCUT2D eigenvalue weighted by atomic mass is 16.3. The largest absolute Gasteiger partial charge is 0.507 e. The number of hydrazone groups is 1. The molecule has 0 aliphatic carbocycles. The Morgan fingerprint density at radius 1 is 1.00 bits per heavy atom. The first-order valence-corrected chi connectivity index (χ1v) is 10.2. The van der Waals surface area contributed by atoms with Crippen molar-refractivity contribution in [2.24, 2.45) is 5.10 Å². The fourth-order valence-electron chi connectivity index (χ4n) is 3.87. The first-order valence-electron chi connectivity index (χ1n) is 10.2. The van der Waals surface area contributed by atoms with Crippen LogP contribution in [0.5, 0.6) is 5.75 Å². The number of amides is 1. The first-order chi connectivity index (χ1) is 15.6. The van der Waals surface area contributed by atoms with E-state index >= 15 is 0 Å². The molecular formula is C26H20N4O2. The van der Waals surface area contributed by atoms with Crippen LogP contribution in [0.25, 0.3) is 33.1 Å². The Balaban J connectivity index is 1.51. The minimum atomic E-state index is -0.353. The molecule has 0 saturated carbocycles. The molecule has 32 heavy (non-hydrogen) atoms. The van der Waals surface area contributed by atoms with Gasteiger partial charge in [0, 0.05) is 33.1 Å². The van der Waals surface area contributed by atoms with Gasteiger partial charge < -0.3 is 10.1 Å². The lowest BCUT2D eigenvalue weighted by atomic mass is 10.0. The van der Waals surface area contributed by atoms with Gasteiger partial charge in [-0.2, -0.15) is 5.10 Å². The predicted molar refractivity (Wildman–Crippen MR) is 127 cm³/mol. The molecule has 3 N–H and O–H groups in total. The van der Waals surface area contributed by atoms with Crippen molar-refractivity contribution in [1.29, 1.82) is 0 Å². The van der Waals surface area contributed by atoms with Gasteiger partial charge in [-0.05, 0) is 37.3 Å². The van der Waals surface area contributed by atoms with E-state index < -0.39 is 0 Å². The number of hydrogen-bond acceptors (Lipinski definition) is 4. The lowest BCUT2D eigenvalue weighted by Gasteiger charge is -2.10. The number of carbonyl (C=O) groups excluding carboxylic acids is 1. The Labute approximate surface area is 184 Å².